The lowest BCUT2D eigenvalue weighted by Crippen LogP contribution is -2.12. The van der Waals surface area contributed by atoms with Gasteiger partial charge in [-0.2, -0.15) is 0 Å². The van der Waals surface area contributed by atoms with E-state index in [-0.39, 0.29) is 11.0 Å². The number of nitrogens with two attached hydrogens (primary N) is 1. The van der Waals surface area contributed by atoms with Gasteiger partial charge in [0.05, 0.1) is 11.7 Å². The Balaban J connectivity index is 2.22. The number of thiocarbonyl (C=S) groups is 1. The van der Waals surface area contributed by atoms with Gasteiger partial charge in [-0.05, 0) is 36.8 Å². The molecule has 0 aliphatic carbocycles. The van der Waals surface area contributed by atoms with E-state index < -0.39 is 5.82 Å². The summed E-state index contributed by atoms with van der Waals surface area (Å²) in [5, 5.41) is 3.74. The summed E-state index contributed by atoms with van der Waals surface area (Å²) >= 11 is 10.9. The van der Waals surface area contributed by atoms with Gasteiger partial charge >= 0.3 is 0 Å². The van der Waals surface area contributed by atoms with Crippen LogP contribution >= 0.6 is 23.8 Å². The Labute approximate surface area is 127 Å². The lowest BCUT2D eigenvalue weighted by Gasteiger charge is -2.17. The van der Waals surface area contributed by atoms with Crippen molar-refractivity contribution in [2.75, 3.05) is 5.32 Å². The molecule has 2 aromatic carbocycles. The third kappa shape index (κ3) is 3.26. The number of nitrogens with one attached hydrogen (secondary N) is 1. The molecule has 0 aliphatic rings. The molecule has 20 heavy (non-hydrogen) atoms. The van der Waals surface area contributed by atoms with Crippen molar-refractivity contribution in [1.82, 2.24) is 0 Å². The van der Waals surface area contributed by atoms with Crippen molar-refractivity contribution in [2.45, 2.75) is 13.0 Å². The van der Waals surface area contributed by atoms with Gasteiger partial charge in [-0.1, -0.05) is 42.0 Å². The van der Waals surface area contributed by atoms with Crippen LogP contribution in [0.1, 0.15) is 24.1 Å². The van der Waals surface area contributed by atoms with Crippen LogP contribution in [0.25, 0.3) is 0 Å². The zero-order chi connectivity index (χ0) is 14.7. The maximum Gasteiger partial charge on any atom is 0.147 e. The Bertz CT molecular complexity index is 646. The molecule has 2 rings (SSSR count). The van der Waals surface area contributed by atoms with E-state index >= 15 is 0 Å². The molecule has 0 bridgehead atoms. The Morgan fingerprint density at radius 3 is 2.60 bits per heavy atom. The van der Waals surface area contributed by atoms with Crippen molar-refractivity contribution in [1.29, 1.82) is 0 Å². The van der Waals surface area contributed by atoms with E-state index in [2.05, 4.69) is 5.32 Å². The van der Waals surface area contributed by atoms with Crippen LogP contribution in [0.15, 0.2) is 42.5 Å². The molecule has 104 valence electrons. The SMILES string of the molecule is CC(Nc1ccc(C(N)=S)cc1F)c1ccccc1Cl. The average molecular weight is 309 g/mol. The lowest BCUT2D eigenvalue weighted by molar-refractivity contribution is 0.627. The summed E-state index contributed by atoms with van der Waals surface area (Å²) in [4.78, 5) is 0.176. The van der Waals surface area contributed by atoms with E-state index in [0.29, 0.717) is 16.3 Å². The normalized spacial score (nSPS) is 11.9. The fraction of sp³-hybridized carbons (Fsp3) is 0.133. The Hall–Kier alpha value is -1.65. The fourth-order valence-corrected chi connectivity index (χ4v) is 2.35. The fourth-order valence-electron chi connectivity index (χ4n) is 1.92. The zero-order valence-corrected chi connectivity index (χ0v) is 12.4. The Morgan fingerprint density at radius 1 is 1.30 bits per heavy atom. The predicted octanol–water partition coefficient (Wildman–Crippen LogP) is 4.29. The van der Waals surface area contributed by atoms with Gasteiger partial charge in [0, 0.05) is 10.6 Å². The van der Waals surface area contributed by atoms with Crippen molar-refractivity contribution < 1.29 is 4.39 Å². The van der Waals surface area contributed by atoms with E-state index in [0.717, 1.165) is 5.56 Å². The van der Waals surface area contributed by atoms with Gasteiger partial charge < -0.3 is 11.1 Å². The molecular formula is C15H14ClFN2S. The van der Waals surface area contributed by atoms with Gasteiger partial charge in [0.15, 0.2) is 0 Å². The summed E-state index contributed by atoms with van der Waals surface area (Å²) in [6.07, 6.45) is 0. The molecule has 0 saturated heterocycles. The first-order chi connectivity index (χ1) is 9.49. The van der Waals surface area contributed by atoms with Crippen LogP contribution in [0.3, 0.4) is 0 Å². The van der Waals surface area contributed by atoms with Crippen LogP contribution in [0.5, 0.6) is 0 Å². The largest absolute Gasteiger partial charge is 0.389 e. The Kier molecular flexibility index (Phi) is 4.57. The Morgan fingerprint density at radius 2 is 2.00 bits per heavy atom. The molecular weight excluding hydrogens is 295 g/mol. The van der Waals surface area contributed by atoms with Crippen molar-refractivity contribution in [3.8, 4) is 0 Å². The quantitative estimate of drug-likeness (QED) is 0.828. The summed E-state index contributed by atoms with van der Waals surface area (Å²) in [7, 11) is 0. The third-order valence-corrected chi connectivity index (χ3v) is 3.58. The van der Waals surface area contributed by atoms with E-state index in [4.69, 9.17) is 29.6 Å². The van der Waals surface area contributed by atoms with Crippen molar-refractivity contribution in [2.24, 2.45) is 5.73 Å². The number of hydrogen-bond donors (Lipinski definition) is 2. The number of hydrogen-bond acceptors (Lipinski definition) is 2. The third-order valence-electron chi connectivity index (χ3n) is 3.00. The molecule has 0 radical (unpaired) electrons. The van der Waals surface area contributed by atoms with Gasteiger partial charge in [-0.3, -0.25) is 0 Å². The molecule has 3 N–H and O–H groups in total. The highest BCUT2D eigenvalue weighted by atomic mass is 35.5. The molecule has 0 aromatic heterocycles. The molecule has 0 saturated carbocycles. The van der Waals surface area contributed by atoms with Gasteiger partial charge in [0.25, 0.3) is 0 Å². The van der Waals surface area contributed by atoms with E-state index in [1.165, 1.54) is 6.07 Å². The first kappa shape index (κ1) is 14.8. The second kappa shape index (κ2) is 6.20. The van der Waals surface area contributed by atoms with Crippen LogP contribution in [0, 0.1) is 5.82 Å². The molecule has 0 heterocycles. The summed E-state index contributed by atoms with van der Waals surface area (Å²) in [6, 6.07) is 12.0. The molecule has 2 aromatic rings. The summed E-state index contributed by atoms with van der Waals surface area (Å²) < 4.78 is 14.0. The van der Waals surface area contributed by atoms with E-state index in [1.54, 1.807) is 18.2 Å². The van der Waals surface area contributed by atoms with Crippen LogP contribution in [0.4, 0.5) is 10.1 Å². The van der Waals surface area contributed by atoms with Crippen molar-refractivity contribution in [3.05, 3.63) is 64.4 Å². The molecule has 1 atom stereocenters. The number of anilines is 1. The number of halogens is 2. The molecule has 2 nitrogen and oxygen atoms in total. The van der Waals surface area contributed by atoms with Crippen molar-refractivity contribution in [3.63, 3.8) is 0 Å². The second-order valence-electron chi connectivity index (χ2n) is 4.45. The molecule has 0 amide bonds. The summed E-state index contributed by atoms with van der Waals surface area (Å²) in [5.74, 6) is -0.394. The highest BCUT2D eigenvalue weighted by Gasteiger charge is 2.12. The van der Waals surface area contributed by atoms with Gasteiger partial charge in [0.1, 0.15) is 10.8 Å². The highest BCUT2D eigenvalue weighted by molar-refractivity contribution is 7.80. The minimum atomic E-state index is -0.394. The predicted molar refractivity (Wildman–Crippen MR) is 85.8 cm³/mol. The van der Waals surface area contributed by atoms with Crippen LogP contribution < -0.4 is 11.1 Å². The average Bonchev–Trinajstić information content (AvgIpc) is 2.41. The second-order valence-corrected chi connectivity index (χ2v) is 5.29. The maximum absolute atomic E-state index is 14.0. The van der Waals surface area contributed by atoms with Gasteiger partial charge in [-0.25, -0.2) is 4.39 Å². The number of benzene rings is 2. The number of rotatable bonds is 4. The van der Waals surface area contributed by atoms with Gasteiger partial charge in [-0.15, -0.1) is 0 Å². The molecule has 0 fully saturated rings. The molecule has 1 unspecified atom stereocenters. The van der Waals surface area contributed by atoms with E-state index in [1.807, 2.05) is 25.1 Å². The monoisotopic (exact) mass is 308 g/mol. The first-order valence-corrected chi connectivity index (χ1v) is 6.88. The van der Waals surface area contributed by atoms with Crippen molar-refractivity contribution >= 4 is 34.5 Å². The minimum Gasteiger partial charge on any atom is -0.389 e. The standard InChI is InChI=1S/C15H14ClFN2S/c1-9(11-4-2-3-5-12(11)16)19-14-7-6-10(15(18)20)8-13(14)17/h2-9,19H,1H3,(H2,18,20). The van der Waals surface area contributed by atoms with Gasteiger partial charge in [0.2, 0.25) is 0 Å². The van der Waals surface area contributed by atoms with Crippen LogP contribution in [-0.2, 0) is 0 Å². The van der Waals surface area contributed by atoms with Crippen LogP contribution in [0.2, 0.25) is 5.02 Å². The lowest BCUT2D eigenvalue weighted by atomic mass is 10.1. The smallest absolute Gasteiger partial charge is 0.147 e. The van der Waals surface area contributed by atoms with E-state index in [9.17, 15) is 4.39 Å². The minimum absolute atomic E-state index is 0.117. The molecule has 5 heteroatoms. The van der Waals surface area contributed by atoms with Crippen LogP contribution in [-0.4, -0.2) is 4.99 Å². The zero-order valence-electron chi connectivity index (χ0n) is 10.9. The topological polar surface area (TPSA) is 38.0 Å². The highest BCUT2D eigenvalue weighted by Crippen LogP contribution is 2.27. The summed E-state index contributed by atoms with van der Waals surface area (Å²) in [5.41, 5.74) is 7.28. The first-order valence-electron chi connectivity index (χ1n) is 6.09. The molecule has 0 spiro atoms. The summed E-state index contributed by atoms with van der Waals surface area (Å²) in [6.45, 7) is 1.92. The maximum atomic E-state index is 14.0. The molecule has 0 aliphatic heterocycles.